The summed E-state index contributed by atoms with van der Waals surface area (Å²) in [6.07, 6.45) is 0. The average molecular weight is 355 g/mol. The summed E-state index contributed by atoms with van der Waals surface area (Å²) in [7, 11) is 1.69. The number of anilines is 1. The fraction of sp³-hybridized carbons (Fsp3) is 0.0833. The second-order valence-corrected chi connectivity index (χ2v) is 6.68. The largest absolute Gasteiger partial charge is 0.311 e. The Balaban J connectivity index is 2.27. The third-order valence-electron chi connectivity index (χ3n) is 2.95. The second-order valence-electron chi connectivity index (χ2n) is 4.07. The summed E-state index contributed by atoms with van der Waals surface area (Å²) in [4.78, 5) is 26.1. The van der Waals surface area contributed by atoms with Crippen molar-refractivity contribution in [3.05, 3.63) is 33.1 Å². The van der Waals surface area contributed by atoms with E-state index >= 15 is 0 Å². The molecule has 2 amide bonds. The van der Waals surface area contributed by atoms with Gasteiger partial charge in [0.2, 0.25) is 0 Å². The van der Waals surface area contributed by atoms with Crippen LogP contribution in [0.5, 0.6) is 0 Å². The molecule has 1 N–H and O–H groups in total. The van der Waals surface area contributed by atoms with Gasteiger partial charge in [0.15, 0.2) is 0 Å². The van der Waals surface area contributed by atoms with Crippen LogP contribution >= 0.6 is 39.9 Å². The minimum Gasteiger partial charge on any atom is -0.311 e. The molecule has 0 aromatic heterocycles. The lowest BCUT2D eigenvalue weighted by Gasteiger charge is -2.08. The number of benzene rings is 1. The first-order valence-electron chi connectivity index (χ1n) is 5.34. The number of nitrogens with zero attached hydrogens (tertiary/aromatic N) is 1. The van der Waals surface area contributed by atoms with Crippen molar-refractivity contribution in [1.82, 2.24) is 5.32 Å². The third kappa shape index (κ3) is 1.92. The van der Waals surface area contributed by atoms with E-state index in [1.807, 2.05) is 18.2 Å². The topological polar surface area (TPSA) is 49.4 Å². The Hall–Kier alpha value is -1.18. The van der Waals surface area contributed by atoms with Gasteiger partial charge in [0.25, 0.3) is 11.8 Å². The third-order valence-corrected chi connectivity index (χ3v) is 4.68. The summed E-state index contributed by atoms with van der Waals surface area (Å²) in [5.41, 5.74) is 1.97. The van der Waals surface area contributed by atoms with E-state index in [2.05, 4.69) is 21.2 Å². The first-order chi connectivity index (χ1) is 8.99. The van der Waals surface area contributed by atoms with E-state index in [1.165, 1.54) is 0 Å². The Morgan fingerprint density at radius 1 is 1.37 bits per heavy atom. The number of carbonyl (C=O) groups excluding carboxylic acids is 2. The van der Waals surface area contributed by atoms with Crippen molar-refractivity contribution in [3.8, 4) is 0 Å². The molecule has 0 atom stereocenters. The van der Waals surface area contributed by atoms with Gasteiger partial charge in [-0.3, -0.25) is 9.59 Å². The molecule has 1 fully saturated rings. The number of thiocarbonyl (C=S) groups is 1. The van der Waals surface area contributed by atoms with Crippen LogP contribution in [0.15, 0.2) is 27.6 Å². The molecule has 7 heteroatoms. The first-order valence-corrected chi connectivity index (χ1v) is 7.36. The number of likely N-dealkylation sites (N-methyl/N-ethyl adjacent to an activating group) is 1. The number of thioether (sulfide) groups is 1. The normalized spacial score (nSPS) is 22.0. The van der Waals surface area contributed by atoms with Crippen molar-refractivity contribution < 1.29 is 9.59 Å². The molecule has 0 bridgehead atoms. The van der Waals surface area contributed by atoms with Gasteiger partial charge in [-0.15, -0.1) is 0 Å². The zero-order valence-corrected chi connectivity index (χ0v) is 12.9. The second kappa shape index (κ2) is 4.43. The van der Waals surface area contributed by atoms with Crippen molar-refractivity contribution in [3.63, 3.8) is 0 Å². The number of hydrogen-bond acceptors (Lipinski definition) is 4. The lowest BCUT2D eigenvalue weighted by molar-refractivity contribution is -0.116. The van der Waals surface area contributed by atoms with E-state index in [-0.39, 0.29) is 11.8 Å². The Bertz CT molecular complexity index is 684. The highest BCUT2D eigenvalue weighted by molar-refractivity contribution is 9.10. The number of fused-ring (bicyclic) bond motifs is 1. The summed E-state index contributed by atoms with van der Waals surface area (Å²) >= 11 is 9.48. The van der Waals surface area contributed by atoms with Gasteiger partial charge in [0, 0.05) is 17.1 Å². The molecule has 0 aliphatic carbocycles. The zero-order valence-electron chi connectivity index (χ0n) is 9.69. The Morgan fingerprint density at radius 3 is 2.74 bits per heavy atom. The highest BCUT2D eigenvalue weighted by atomic mass is 79.9. The number of rotatable bonds is 0. The lowest BCUT2D eigenvalue weighted by atomic mass is 10.1. The SMILES string of the molecule is CN1C(=O)/C(=C2/SC(=S)NC2=O)c2cc(Br)ccc21. The monoisotopic (exact) mass is 354 g/mol. The van der Waals surface area contributed by atoms with Gasteiger partial charge in [-0.05, 0) is 18.2 Å². The molecule has 1 aromatic rings. The van der Waals surface area contributed by atoms with Gasteiger partial charge >= 0.3 is 0 Å². The quantitative estimate of drug-likeness (QED) is 0.573. The fourth-order valence-corrected chi connectivity index (χ4v) is 3.57. The van der Waals surface area contributed by atoms with Crippen LogP contribution in [0.3, 0.4) is 0 Å². The molecular formula is C12H7BrN2O2S2. The number of amides is 2. The molecule has 96 valence electrons. The molecular weight excluding hydrogens is 348 g/mol. The predicted molar refractivity (Wildman–Crippen MR) is 82.8 cm³/mol. The summed E-state index contributed by atoms with van der Waals surface area (Å²) in [6.45, 7) is 0. The van der Waals surface area contributed by atoms with Crippen molar-refractivity contribution in [2.75, 3.05) is 11.9 Å². The Morgan fingerprint density at radius 2 is 2.11 bits per heavy atom. The standard InChI is InChI=1S/C12H7BrN2O2S2/c1-15-7-3-2-5(13)4-6(7)8(11(15)17)9-10(16)14-12(18)19-9/h2-4H,1H3,(H,14,16,18)/b9-8+. The smallest absolute Gasteiger partial charge is 0.264 e. The van der Waals surface area contributed by atoms with Crippen molar-refractivity contribution in [2.24, 2.45) is 0 Å². The van der Waals surface area contributed by atoms with Crippen LogP contribution in [0.1, 0.15) is 5.56 Å². The molecule has 0 saturated carbocycles. The zero-order chi connectivity index (χ0) is 13.7. The molecule has 4 nitrogen and oxygen atoms in total. The van der Waals surface area contributed by atoms with Crippen molar-refractivity contribution in [1.29, 1.82) is 0 Å². The number of nitrogens with one attached hydrogen (secondary N) is 1. The highest BCUT2D eigenvalue weighted by Crippen LogP contribution is 2.42. The van der Waals surface area contributed by atoms with Crippen LogP contribution in [0.2, 0.25) is 0 Å². The van der Waals surface area contributed by atoms with Crippen LogP contribution < -0.4 is 10.2 Å². The Kier molecular flexibility index (Phi) is 2.99. The van der Waals surface area contributed by atoms with E-state index in [1.54, 1.807) is 11.9 Å². The molecule has 2 heterocycles. The van der Waals surface area contributed by atoms with Crippen LogP contribution in [0.25, 0.3) is 5.57 Å². The van der Waals surface area contributed by atoms with Crippen molar-refractivity contribution in [2.45, 2.75) is 0 Å². The lowest BCUT2D eigenvalue weighted by Crippen LogP contribution is -2.22. The molecule has 2 aliphatic heterocycles. The molecule has 2 aliphatic rings. The van der Waals surface area contributed by atoms with E-state index in [0.29, 0.717) is 14.8 Å². The molecule has 19 heavy (non-hydrogen) atoms. The molecule has 1 saturated heterocycles. The minimum absolute atomic E-state index is 0.185. The van der Waals surface area contributed by atoms with E-state index in [4.69, 9.17) is 12.2 Å². The van der Waals surface area contributed by atoms with Gasteiger partial charge in [-0.2, -0.15) is 0 Å². The van der Waals surface area contributed by atoms with Crippen molar-refractivity contribution >= 4 is 67.3 Å². The van der Waals surface area contributed by atoms with E-state index < -0.39 is 0 Å². The fourth-order valence-electron chi connectivity index (χ4n) is 2.09. The first kappa shape index (κ1) is 12.8. The summed E-state index contributed by atoms with van der Waals surface area (Å²) < 4.78 is 1.24. The van der Waals surface area contributed by atoms with E-state index in [0.717, 1.165) is 27.5 Å². The van der Waals surface area contributed by atoms with Crippen LogP contribution in [0, 0.1) is 0 Å². The summed E-state index contributed by atoms with van der Waals surface area (Å²) in [5, 5.41) is 2.54. The number of hydrogen-bond donors (Lipinski definition) is 1. The van der Waals surface area contributed by atoms with Gasteiger partial charge in [0.1, 0.15) is 4.32 Å². The van der Waals surface area contributed by atoms with Gasteiger partial charge in [0.05, 0.1) is 16.2 Å². The highest BCUT2D eigenvalue weighted by Gasteiger charge is 2.37. The average Bonchev–Trinajstić information content (AvgIpc) is 2.78. The predicted octanol–water partition coefficient (Wildman–Crippen LogP) is 2.28. The maximum Gasteiger partial charge on any atom is 0.264 e. The molecule has 1 aromatic carbocycles. The maximum absolute atomic E-state index is 12.3. The number of carbonyl (C=O) groups is 2. The van der Waals surface area contributed by atoms with Crippen LogP contribution in [-0.4, -0.2) is 23.2 Å². The molecule has 0 unspecified atom stereocenters. The van der Waals surface area contributed by atoms with Gasteiger partial charge < -0.3 is 10.2 Å². The summed E-state index contributed by atoms with van der Waals surface area (Å²) in [6, 6.07) is 5.55. The van der Waals surface area contributed by atoms with Gasteiger partial charge in [-0.1, -0.05) is 39.9 Å². The van der Waals surface area contributed by atoms with E-state index in [9.17, 15) is 9.59 Å². The maximum atomic E-state index is 12.3. The number of halogens is 1. The summed E-state index contributed by atoms with van der Waals surface area (Å²) in [5.74, 6) is -0.491. The molecule has 0 spiro atoms. The van der Waals surface area contributed by atoms with Gasteiger partial charge in [-0.25, -0.2) is 0 Å². The van der Waals surface area contributed by atoms with Crippen LogP contribution in [0.4, 0.5) is 5.69 Å². The minimum atomic E-state index is -0.306. The molecule has 0 radical (unpaired) electrons. The molecule has 3 rings (SSSR count). The van der Waals surface area contributed by atoms with Crippen LogP contribution in [-0.2, 0) is 9.59 Å². The Labute approximate surface area is 127 Å².